The molecular weight excluding hydrogens is 326 g/mol. The molecule has 2 heterocycles. The molecule has 8 heteroatoms. The van der Waals surface area contributed by atoms with Crippen molar-refractivity contribution in [3.8, 4) is 28.4 Å². The van der Waals surface area contributed by atoms with Gasteiger partial charge in [-0.25, -0.2) is 4.79 Å². The van der Waals surface area contributed by atoms with Gasteiger partial charge in [0.25, 0.3) is 0 Å². The van der Waals surface area contributed by atoms with Crippen molar-refractivity contribution in [1.29, 1.82) is 0 Å². The molecule has 0 bridgehead atoms. The van der Waals surface area contributed by atoms with Crippen molar-refractivity contribution >= 4 is 5.97 Å². The number of hydrogen-bond donors (Lipinski definition) is 3. The maximum absolute atomic E-state index is 11.2. The SMILES string of the molecule is CN1NC(Oc2ccc(-c3ccc4c(c3)OCO4)cc2)=C(C(=O)O)N1. The second-order valence-electron chi connectivity index (χ2n) is 5.49. The van der Waals surface area contributed by atoms with E-state index >= 15 is 0 Å². The van der Waals surface area contributed by atoms with Crippen LogP contribution in [0.2, 0.25) is 0 Å². The summed E-state index contributed by atoms with van der Waals surface area (Å²) < 4.78 is 16.3. The predicted octanol–water partition coefficient (Wildman–Crippen LogP) is 1.67. The molecule has 0 saturated carbocycles. The number of fused-ring (bicyclic) bond motifs is 1. The van der Waals surface area contributed by atoms with Crippen LogP contribution >= 0.6 is 0 Å². The number of nitrogens with zero attached hydrogens (tertiary/aromatic N) is 1. The number of hydrogen-bond acceptors (Lipinski definition) is 7. The van der Waals surface area contributed by atoms with Crippen LogP contribution in [0.15, 0.2) is 54.0 Å². The Morgan fingerprint density at radius 2 is 1.80 bits per heavy atom. The van der Waals surface area contributed by atoms with Gasteiger partial charge in [-0.1, -0.05) is 18.2 Å². The van der Waals surface area contributed by atoms with Crippen LogP contribution in [-0.2, 0) is 4.79 Å². The predicted molar refractivity (Wildman–Crippen MR) is 87.3 cm³/mol. The van der Waals surface area contributed by atoms with Crippen molar-refractivity contribution in [2.45, 2.75) is 0 Å². The lowest BCUT2D eigenvalue weighted by Crippen LogP contribution is -2.37. The first-order valence-corrected chi connectivity index (χ1v) is 7.53. The van der Waals surface area contributed by atoms with Crippen LogP contribution in [-0.4, -0.2) is 30.0 Å². The summed E-state index contributed by atoms with van der Waals surface area (Å²) in [6.07, 6.45) is 0. The minimum atomic E-state index is -1.11. The first-order chi connectivity index (χ1) is 12.1. The highest BCUT2D eigenvalue weighted by molar-refractivity contribution is 5.86. The van der Waals surface area contributed by atoms with Crippen LogP contribution in [0.1, 0.15) is 0 Å². The van der Waals surface area contributed by atoms with Gasteiger partial charge in [-0.3, -0.25) is 10.9 Å². The zero-order valence-corrected chi connectivity index (χ0v) is 13.3. The fraction of sp³-hybridized carbons (Fsp3) is 0.118. The van der Waals surface area contributed by atoms with Crippen LogP contribution in [0.5, 0.6) is 17.2 Å². The van der Waals surface area contributed by atoms with Crippen molar-refractivity contribution < 1.29 is 24.1 Å². The summed E-state index contributed by atoms with van der Waals surface area (Å²) in [5.41, 5.74) is 7.33. The van der Waals surface area contributed by atoms with Gasteiger partial charge in [0.2, 0.25) is 12.7 Å². The number of carbonyl (C=O) groups is 1. The molecule has 2 aromatic rings. The minimum absolute atomic E-state index is 0.0534. The van der Waals surface area contributed by atoms with E-state index < -0.39 is 5.97 Å². The summed E-state index contributed by atoms with van der Waals surface area (Å²) in [7, 11) is 1.64. The van der Waals surface area contributed by atoms with Crippen molar-refractivity contribution in [3.05, 3.63) is 54.0 Å². The van der Waals surface area contributed by atoms with E-state index in [4.69, 9.17) is 19.3 Å². The number of hydrazine groups is 2. The third kappa shape index (κ3) is 2.90. The van der Waals surface area contributed by atoms with Crippen LogP contribution in [0.25, 0.3) is 11.1 Å². The van der Waals surface area contributed by atoms with Gasteiger partial charge >= 0.3 is 5.97 Å². The van der Waals surface area contributed by atoms with Crippen LogP contribution < -0.4 is 25.1 Å². The molecule has 0 amide bonds. The normalized spacial score (nSPS) is 15.7. The average Bonchev–Trinajstić information content (AvgIpc) is 3.21. The lowest BCUT2D eigenvalue weighted by molar-refractivity contribution is -0.133. The molecule has 0 spiro atoms. The third-order valence-electron chi connectivity index (χ3n) is 3.77. The lowest BCUT2D eigenvalue weighted by Gasteiger charge is -2.11. The first kappa shape index (κ1) is 15.2. The first-order valence-electron chi connectivity index (χ1n) is 7.53. The number of nitrogens with one attached hydrogen (secondary N) is 2. The molecule has 2 aliphatic heterocycles. The topological polar surface area (TPSA) is 92.3 Å². The lowest BCUT2D eigenvalue weighted by atomic mass is 10.1. The highest BCUT2D eigenvalue weighted by atomic mass is 16.7. The summed E-state index contributed by atoms with van der Waals surface area (Å²) in [5.74, 6) is 0.997. The maximum atomic E-state index is 11.2. The Labute approximate surface area is 143 Å². The smallest absolute Gasteiger partial charge is 0.359 e. The van der Waals surface area contributed by atoms with Gasteiger partial charge in [0, 0.05) is 7.05 Å². The second-order valence-corrected chi connectivity index (χ2v) is 5.49. The Morgan fingerprint density at radius 3 is 2.56 bits per heavy atom. The van der Waals surface area contributed by atoms with Crippen molar-refractivity contribution in [2.75, 3.05) is 13.8 Å². The van der Waals surface area contributed by atoms with Crippen LogP contribution in [0, 0.1) is 0 Å². The van der Waals surface area contributed by atoms with Gasteiger partial charge in [0.05, 0.1) is 0 Å². The highest BCUT2D eigenvalue weighted by Gasteiger charge is 2.25. The van der Waals surface area contributed by atoms with E-state index in [1.54, 1.807) is 19.2 Å². The van der Waals surface area contributed by atoms with E-state index in [0.717, 1.165) is 22.6 Å². The molecule has 0 radical (unpaired) electrons. The third-order valence-corrected chi connectivity index (χ3v) is 3.77. The largest absolute Gasteiger partial charge is 0.476 e. The summed E-state index contributed by atoms with van der Waals surface area (Å²) in [5, 5.41) is 10.6. The Hall–Kier alpha value is -3.39. The monoisotopic (exact) mass is 341 g/mol. The number of carboxylic acid groups (broad SMARTS) is 1. The van der Waals surface area contributed by atoms with Gasteiger partial charge in [-0.05, 0) is 35.4 Å². The molecule has 2 aromatic carbocycles. The standard InChI is InChI=1S/C17H15N3O5/c1-20-18-15(17(21)22)16(19-20)25-12-5-2-10(3-6-12)11-4-7-13-14(8-11)24-9-23-13/h2-8,18-19H,9H2,1H3,(H,21,22). The van der Waals surface area contributed by atoms with Gasteiger partial charge < -0.3 is 19.3 Å². The minimum Gasteiger partial charge on any atom is -0.476 e. The van der Waals surface area contributed by atoms with E-state index in [9.17, 15) is 4.79 Å². The fourth-order valence-electron chi connectivity index (χ4n) is 2.58. The zero-order chi connectivity index (χ0) is 17.4. The fourth-order valence-corrected chi connectivity index (χ4v) is 2.58. The van der Waals surface area contributed by atoms with Gasteiger partial charge in [0.1, 0.15) is 5.75 Å². The van der Waals surface area contributed by atoms with Gasteiger partial charge in [0.15, 0.2) is 17.2 Å². The second kappa shape index (κ2) is 5.91. The Kier molecular flexibility index (Phi) is 3.58. The Bertz CT molecular complexity index is 863. The Balaban J connectivity index is 1.54. The van der Waals surface area contributed by atoms with Gasteiger partial charge in [-0.2, -0.15) is 0 Å². The molecule has 0 aliphatic carbocycles. The number of ether oxygens (including phenoxy) is 3. The summed E-state index contributed by atoms with van der Waals surface area (Å²) in [4.78, 5) is 11.2. The van der Waals surface area contributed by atoms with E-state index in [-0.39, 0.29) is 18.4 Å². The number of aliphatic carboxylic acids is 1. The summed E-state index contributed by atoms with van der Waals surface area (Å²) in [6, 6.07) is 13.1. The quantitative estimate of drug-likeness (QED) is 0.773. The molecule has 0 atom stereocenters. The van der Waals surface area contributed by atoms with Crippen molar-refractivity contribution in [2.24, 2.45) is 0 Å². The Morgan fingerprint density at radius 1 is 1.08 bits per heavy atom. The average molecular weight is 341 g/mol. The molecule has 0 unspecified atom stereocenters. The number of benzene rings is 2. The molecular formula is C17H15N3O5. The summed E-state index contributed by atoms with van der Waals surface area (Å²) in [6.45, 7) is 0.238. The van der Waals surface area contributed by atoms with E-state index in [2.05, 4.69) is 10.9 Å². The molecule has 4 rings (SSSR count). The molecule has 0 fully saturated rings. The van der Waals surface area contributed by atoms with Crippen molar-refractivity contribution in [1.82, 2.24) is 16.0 Å². The van der Waals surface area contributed by atoms with E-state index in [1.807, 2.05) is 30.3 Å². The zero-order valence-electron chi connectivity index (χ0n) is 13.3. The number of carboxylic acids is 1. The highest BCUT2D eigenvalue weighted by Crippen LogP contribution is 2.36. The van der Waals surface area contributed by atoms with Crippen LogP contribution in [0.4, 0.5) is 0 Å². The maximum Gasteiger partial charge on any atom is 0.359 e. The molecule has 0 aromatic heterocycles. The molecule has 0 saturated heterocycles. The molecule has 8 nitrogen and oxygen atoms in total. The van der Waals surface area contributed by atoms with Crippen molar-refractivity contribution in [3.63, 3.8) is 0 Å². The molecule has 25 heavy (non-hydrogen) atoms. The van der Waals surface area contributed by atoms with Crippen LogP contribution in [0.3, 0.4) is 0 Å². The summed E-state index contributed by atoms with van der Waals surface area (Å²) >= 11 is 0. The molecule has 128 valence electrons. The van der Waals surface area contributed by atoms with Gasteiger partial charge in [-0.15, -0.1) is 5.12 Å². The molecule has 3 N–H and O–H groups in total. The number of rotatable bonds is 4. The van der Waals surface area contributed by atoms with E-state index in [0.29, 0.717) is 5.75 Å². The molecule has 2 aliphatic rings. The van der Waals surface area contributed by atoms with E-state index in [1.165, 1.54) is 5.12 Å².